The summed E-state index contributed by atoms with van der Waals surface area (Å²) in [7, 11) is 3.20. The Morgan fingerprint density at radius 1 is 1.15 bits per heavy atom. The van der Waals surface area contributed by atoms with Gasteiger partial charge in [-0.2, -0.15) is 0 Å². The summed E-state index contributed by atoms with van der Waals surface area (Å²) in [5.41, 5.74) is 7.45. The standard InChI is InChI=1S/C16H26ClNO2/c1-10(16(2,3)4)7-13(18)11-8-14(19-5)15(20-6)9-12(11)17/h8-10,13H,7,18H2,1-6H3. The predicted molar refractivity (Wildman–Crippen MR) is 84.7 cm³/mol. The molecular formula is C16H26ClNO2. The lowest BCUT2D eigenvalue weighted by Gasteiger charge is -2.30. The summed E-state index contributed by atoms with van der Waals surface area (Å²) in [6.07, 6.45) is 0.874. The summed E-state index contributed by atoms with van der Waals surface area (Å²) in [6, 6.07) is 3.52. The highest BCUT2D eigenvalue weighted by molar-refractivity contribution is 6.31. The van der Waals surface area contributed by atoms with Crippen LogP contribution in [0.4, 0.5) is 0 Å². The minimum atomic E-state index is -0.114. The van der Waals surface area contributed by atoms with Crippen LogP contribution in [0.1, 0.15) is 45.7 Å². The average Bonchev–Trinajstić information content (AvgIpc) is 2.36. The Morgan fingerprint density at radius 2 is 1.65 bits per heavy atom. The molecule has 20 heavy (non-hydrogen) atoms. The monoisotopic (exact) mass is 299 g/mol. The van der Waals surface area contributed by atoms with Gasteiger partial charge >= 0.3 is 0 Å². The molecule has 0 aliphatic carbocycles. The van der Waals surface area contributed by atoms with Crippen molar-refractivity contribution in [3.63, 3.8) is 0 Å². The molecule has 2 atom stereocenters. The van der Waals surface area contributed by atoms with Gasteiger partial charge in [0, 0.05) is 17.1 Å². The fraction of sp³-hybridized carbons (Fsp3) is 0.625. The summed E-state index contributed by atoms with van der Waals surface area (Å²) >= 11 is 6.31. The molecule has 0 radical (unpaired) electrons. The Kier molecular flexibility index (Phi) is 5.72. The molecule has 2 N–H and O–H groups in total. The minimum absolute atomic E-state index is 0.114. The van der Waals surface area contributed by atoms with Crippen LogP contribution in [0.15, 0.2) is 12.1 Å². The average molecular weight is 300 g/mol. The maximum Gasteiger partial charge on any atom is 0.162 e. The molecule has 2 unspecified atom stereocenters. The molecule has 0 saturated heterocycles. The van der Waals surface area contributed by atoms with E-state index in [-0.39, 0.29) is 11.5 Å². The lowest BCUT2D eigenvalue weighted by molar-refractivity contribution is 0.233. The lowest BCUT2D eigenvalue weighted by Crippen LogP contribution is -2.23. The molecule has 0 amide bonds. The fourth-order valence-electron chi connectivity index (χ4n) is 2.02. The van der Waals surface area contributed by atoms with Crippen molar-refractivity contribution >= 4 is 11.6 Å². The van der Waals surface area contributed by atoms with Crippen LogP contribution >= 0.6 is 11.6 Å². The molecule has 3 nitrogen and oxygen atoms in total. The molecule has 0 heterocycles. The molecule has 0 aromatic heterocycles. The van der Waals surface area contributed by atoms with Gasteiger partial charge in [-0.05, 0) is 29.4 Å². The van der Waals surface area contributed by atoms with Gasteiger partial charge in [-0.1, -0.05) is 39.3 Å². The van der Waals surface area contributed by atoms with Crippen molar-refractivity contribution in [3.05, 3.63) is 22.7 Å². The molecule has 0 spiro atoms. The minimum Gasteiger partial charge on any atom is -0.493 e. The normalized spacial score (nSPS) is 14.8. The first-order valence-corrected chi connectivity index (χ1v) is 7.25. The van der Waals surface area contributed by atoms with E-state index in [4.69, 9.17) is 26.8 Å². The summed E-state index contributed by atoms with van der Waals surface area (Å²) in [6.45, 7) is 8.89. The van der Waals surface area contributed by atoms with E-state index in [0.29, 0.717) is 22.4 Å². The molecule has 0 aliphatic heterocycles. The number of rotatable bonds is 5. The third-order valence-electron chi connectivity index (χ3n) is 3.99. The highest BCUT2D eigenvalue weighted by Gasteiger charge is 2.24. The van der Waals surface area contributed by atoms with E-state index in [1.165, 1.54) is 0 Å². The second-order valence-corrected chi connectivity index (χ2v) is 6.75. The largest absolute Gasteiger partial charge is 0.493 e. The van der Waals surface area contributed by atoms with Gasteiger partial charge in [-0.3, -0.25) is 0 Å². The van der Waals surface area contributed by atoms with Gasteiger partial charge in [0.15, 0.2) is 11.5 Å². The van der Waals surface area contributed by atoms with Crippen molar-refractivity contribution in [1.82, 2.24) is 0 Å². The van der Waals surface area contributed by atoms with Gasteiger partial charge in [0.2, 0.25) is 0 Å². The third-order valence-corrected chi connectivity index (χ3v) is 4.32. The fourth-order valence-corrected chi connectivity index (χ4v) is 2.31. The van der Waals surface area contributed by atoms with Crippen molar-refractivity contribution in [3.8, 4) is 11.5 Å². The van der Waals surface area contributed by atoms with Crippen LogP contribution in [-0.4, -0.2) is 14.2 Å². The Morgan fingerprint density at radius 3 is 2.10 bits per heavy atom. The number of ether oxygens (including phenoxy) is 2. The number of nitrogens with two attached hydrogens (primary N) is 1. The molecule has 0 saturated carbocycles. The van der Waals surface area contributed by atoms with Crippen molar-refractivity contribution in [2.75, 3.05) is 14.2 Å². The van der Waals surface area contributed by atoms with E-state index in [2.05, 4.69) is 27.7 Å². The number of hydrogen-bond acceptors (Lipinski definition) is 3. The maximum absolute atomic E-state index is 6.33. The van der Waals surface area contributed by atoms with Crippen molar-refractivity contribution < 1.29 is 9.47 Å². The van der Waals surface area contributed by atoms with E-state index < -0.39 is 0 Å². The Balaban J connectivity index is 3.01. The van der Waals surface area contributed by atoms with E-state index in [0.717, 1.165) is 12.0 Å². The molecule has 1 rings (SSSR count). The second kappa shape index (κ2) is 6.68. The third kappa shape index (κ3) is 4.03. The number of halogens is 1. The Hall–Kier alpha value is -0.930. The molecule has 114 valence electrons. The topological polar surface area (TPSA) is 44.5 Å². The van der Waals surface area contributed by atoms with Crippen molar-refractivity contribution in [2.24, 2.45) is 17.1 Å². The highest BCUT2D eigenvalue weighted by Crippen LogP contribution is 2.38. The lowest BCUT2D eigenvalue weighted by atomic mass is 9.78. The molecule has 1 aromatic carbocycles. The first-order chi connectivity index (χ1) is 9.20. The molecular weight excluding hydrogens is 274 g/mol. The van der Waals surface area contributed by atoms with E-state index in [1.807, 2.05) is 6.07 Å². The summed E-state index contributed by atoms with van der Waals surface area (Å²) in [4.78, 5) is 0. The Bertz CT molecular complexity index is 455. The van der Waals surface area contributed by atoms with Gasteiger partial charge in [0.1, 0.15) is 0 Å². The van der Waals surface area contributed by atoms with Crippen LogP contribution in [0.2, 0.25) is 5.02 Å². The molecule has 0 bridgehead atoms. The van der Waals surface area contributed by atoms with Gasteiger partial charge < -0.3 is 15.2 Å². The van der Waals surface area contributed by atoms with E-state index in [9.17, 15) is 0 Å². The maximum atomic E-state index is 6.33. The van der Waals surface area contributed by atoms with Gasteiger partial charge in [-0.15, -0.1) is 0 Å². The van der Waals surface area contributed by atoms with Crippen LogP contribution in [0.5, 0.6) is 11.5 Å². The predicted octanol–water partition coefficient (Wildman–Crippen LogP) is 4.43. The van der Waals surface area contributed by atoms with Crippen molar-refractivity contribution in [1.29, 1.82) is 0 Å². The van der Waals surface area contributed by atoms with Crippen LogP contribution in [-0.2, 0) is 0 Å². The van der Waals surface area contributed by atoms with E-state index in [1.54, 1.807) is 20.3 Å². The number of hydrogen-bond donors (Lipinski definition) is 1. The highest BCUT2D eigenvalue weighted by atomic mass is 35.5. The van der Waals surface area contributed by atoms with Crippen LogP contribution in [0.25, 0.3) is 0 Å². The quantitative estimate of drug-likeness (QED) is 0.875. The van der Waals surface area contributed by atoms with Gasteiger partial charge in [-0.25, -0.2) is 0 Å². The van der Waals surface area contributed by atoms with E-state index >= 15 is 0 Å². The Labute approximate surface area is 127 Å². The van der Waals surface area contributed by atoms with Gasteiger partial charge in [0.05, 0.1) is 14.2 Å². The zero-order valence-corrected chi connectivity index (χ0v) is 14.0. The van der Waals surface area contributed by atoms with Gasteiger partial charge in [0.25, 0.3) is 0 Å². The summed E-state index contributed by atoms with van der Waals surface area (Å²) in [5.74, 6) is 1.77. The zero-order valence-electron chi connectivity index (χ0n) is 13.3. The molecule has 4 heteroatoms. The SMILES string of the molecule is COc1cc(Cl)c(C(N)CC(C)C(C)(C)C)cc1OC. The first-order valence-electron chi connectivity index (χ1n) is 6.87. The van der Waals surface area contributed by atoms with Crippen molar-refractivity contribution in [2.45, 2.75) is 40.2 Å². The molecule has 0 aliphatic rings. The second-order valence-electron chi connectivity index (χ2n) is 6.34. The molecule has 1 aromatic rings. The number of methoxy groups -OCH3 is 2. The summed E-state index contributed by atoms with van der Waals surface area (Å²) < 4.78 is 10.6. The van der Waals surface area contributed by atoms with Crippen LogP contribution < -0.4 is 15.2 Å². The van der Waals surface area contributed by atoms with Crippen LogP contribution in [0.3, 0.4) is 0 Å². The zero-order chi connectivity index (χ0) is 15.5. The molecule has 0 fully saturated rings. The smallest absolute Gasteiger partial charge is 0.162 e. The summed E-state index contributed by atoms with van der Waals surface area (Å²) in [5, 5.41) is 0.622. The van der Waals surface area contributed by atoms with Crippen LogP contribution in [0, 0.1) is 11.3 Å². The first kappa shape index (κ1) is 17.1. The number of benzene rings is 1.